The van der Waals surface area contributed by atoms with Crippen LogP contribution in [0.3, 0.4) is 0 Å². The van der Waals surface area contributed by atoms with Crippen molar-refractivity contribution in [3.63, 3.8) is 0 Å². The molecule has 164 valence electrons. The largest absolute Gasteiger partial charge is 0.488 e. The molecule has 7 nitrogen and oxygen atoms in total. The van der Waals surface area contributed by atoms with Crippen molar-refractivity contribution in [2.75, 3.05) is 32.9 Å². The van der Waals surface area contributed by atoms with Gasteiger partial charge in [-0.1, -0.05) is 18.2 Å². The molecule has 0 spiro atoms. The number of benzene rings is 1. The Labute approximate surface area is 177 Å². The number of fused-ring (bicyclic) bond motifs is 1. The van der Waals surface area contributed by atoms with Crippen LogP contribution in [0.4, 0.5) is 0 Å². The highest BCUT2D eigenvalue weighted by molar-refractivity contribution is 5.79. The van der Waals surface area contributed by atoms with Crippen molar-refractivity contribution in [2.45, 2.75) is 68.5 Å². The van der Waals surface area contributed by atoms with Gasteiger partial charge in [-0.25, -0.2) is 0 Å². The summed E-state index contributed by atoms with van der Waals surface area (Å²) in [6, 6.07) is 10.1. The zero-order chi connectivity index (χ0) is 20.5. The predicted octanol–water partition coefficient (Wildman–Crippen LogP) is 1.44. The summed E-state index contributed by atoms with van der Waals surface area (Å²) in [6.45, 7) is 3.12. The van der Waals surface area contributed by atoms with Crippen LogP contribution in [0.1, 0.15) is 32.1 Å². The van der Waals surface area contributed by atoms with Gasteiger partial charge in [0.2, 0.25) is 5.91 Å². The second-order valence-corrected chi connectivity index (χ2v) is 8.97. The monoisotopic (exact) mass is 416 g/mol. The van der Waals surface area contributed by atoms with E-state index in [1.54, 1.807) is 0 Å². The predicted molar refractivity (Wildman–Crippen MR) is 110 cm³/mol. The molecular weight excluding hydrogens is 384 g/mol. The van der Waals surface area contributed by atoms with Crippen LogP contribution >= 0.6 is 0 Å². The minimum atomic E-state index is -0.550. The van der Waals surface area contributed by atoms with E-state index in [-0.39, 0.29) is 42.8 Å². The Balaban J connectivity index is 1.27. The molecular formula is C23H32N2O5. The van der Waals surface area contributed by atoms with Gasteiger partial charge < -0.3 is 24.2 Å². The van der Waals surface area contributed by atoms with Crippen LogP contribution in [0.15, 0.2) is 30.3 Å². The van der Waals surface area contributed by atoms with Crippen LogP contribution < -0.4 is 4.74 Å². The molecule has 1 N–H and O–H groups in total. The van der Waals surface area contributed by atoms with Gasteiger partial charge in [-0.15, -0.1) is 0 Å². The second kappa shape index (κ2) is 8.83. The summed E-state index contributed by atoms with van der Waals surface area (Å²) >= 11 is 0. The van der Waals surface area contributed by atoms with Crippen LogP contribution in [0.5, 0.6) is 5.75 Å². The molecule has 3 aliphatic heterocycles. The third-order valence-corrected chi connectivity index (χ3v) is 7.18. The summed E-state index contributed by atoms with van der Waals surface area (Å²) in [6.07, 6.45) is 3.88. The van der Waals surface area contributed by atoms with Crippen molar-refractivity contribution in [1.29, 1.82) is 0 Å². The van der Waals surface area contributed by atoms with E-state index in [1.807, 2.05) is 30.3 Å². The molecule has 0 aromatic heterocycles. The van der Waals surface area contributed by atoms with Gasteiger partial charge in [0.15, 0.2) is 0 Å². The first-order valence-corrected chi connectivity index (χ1v) is 11.3. The lowest BCUT2D eigenvalue weighted by Crippen LogP contribution is -2.59. The molecule has 30 heavy (non-hydrogen) atoms. The Hall–Kier alpha value is -1.67. The second-order valence-electron chi connectivity index (χ2n) is 8.97. The zero-order valence-electron chi connectivity index (χ0n) is 17.4. The van der Waals surface area contributed by atoms with Crippen molar-refractivity contribution in [3.05, 3.63) is 30.3 Å². The van der Waals surface area contributed by atoms with Crippen molar-refractivity contribution >= 4 is 5.91 Å². The molecule has 4 aliphatic rings. The lowest BCUT2D eigenvalue weighted by atomic mass is 9.89. The molecule has 4 fully saturated rings. The number of likely N-dealkylation sites (tertiary alicyclic amines) is 1. The number of hydrogen-bond acceptors (Lipinski definition) is 6. The highest BCUT2D eigenvalue weighted by atomic mass is 16.5. The SMILES string of the molecule is O=C1CO[C@H]2CN([C@H]3CCC[C@@H](Oc4ccccc4)[C@@H]3O)C[C@@H]2N1C1CCOCC1. The number of nitrogens with zero attached hydrogens (tertiary/aromatic N) is 2. The highest BCUT2D eigenvalue weighted by Gasteiger charge is 2.49. The number of rotatable bonds is 4. The maximum Gasteiger partial charge on any atom is 0.249 e. The van der Waals surface area contributed by atoms with E-state index in [0.29, 0.717) is 0 Å². The fraction of sp³-hybridized carbons (Fsp3) is 0.696. The van der Waals surface area contributed by atoms with Crippen LogP contribution in [-0.2, 0) is 14.3 Å². The van der Waals surface area contributed by atoms with E-state index >= 15 is 0 Å². The summed E-state index contributed by atoms with van der Waals surface area (Å²) in [5.74, 6) is 0.899. The first kappa shape index (κ1) is 20.2. The van der Waals surface area contributed by atoms with Gasteiger partial charge >= 0.3 is 0 Å². The van der Waals surface area contributed by atoms with Crippen LogP contribution in [0, 0.1) is 0 Å². The summed E-state index contributed by atoms with van der Waals surface area (Å²) in [5, 5.41) is 11.1. The smallest absolute Gasteiger partial charge is 0.249 e. The summed E-state index contributed by atoms with van der Waals surface area (Å²) in [5.41, 5.74) is 0. The average Bonchev–Trinajstić information content (AvgIpc) is 3.20. The first-order valence-electron chi connectivity index (χ1n) is 11.3. The molecule has 1 aliphatic carbocycles. The molecule has 1 amide bonds. The molecule has 0 radical (unpaired) electrons. The fourth-order valence-corrected chi connectivity index (χ4v) is 5.68. The van der Waals surface area contributed by atoms with Crippen molar-refractivity contribution in [1.82, 2.24) is 9.80 Å². The van der Waals surface area contributed by atoms with E-state index in [2.05, 4.69) is 9.80 Å². The zero-order valence-corrected chi connectivity index (χ0v) is 17.4. The number of aliphatic hydroxyl groups is 1. The Bertz CT molecular complexity index is 726. The van der Waals surface area contributed by atoms with E-state index in [9.17, 15) is 9.90 Å². The molecule has 5 atom stereocenters. The molecule has 3 saturated heterocycles. The quantitative estimate of drug-likeness (QED) is 0.801. The molecule has 0 bridgehead atoms. The number of carbonyl (C=O) groups excluding carboxylic acids is 1. The normalized spacial score (nSPS) is 36.0. The van der Waals surface area contributed by atoms with Crippen molar-refractivity contribution in [3.8, 4) is 5.75 Å². The number of amides is 1. The maximum atomic E-state index is 12.7. The van der Waals surface area contributed by atoms with Gasteiger partial charge in [0.1, 0.15) is 24.6 Å². The molecule has 3 heterocycles. The number of ether oxygens (including phenoxy) is 3. The first-order chi connectivity index (χ1) is 14.7. The number of hydrogen-bond donors (Lipinski definition) is 1. The third-order valence-electron chi connectivity index (χ3n) is 7.18. The maximum absolute atomic E-state index is 12.7. The standard InChI is InChI=1S/C23H32N2O5/c26-22-15-29-21-14-24(13-19(21)25(22)16-9-11-28-12-10-16)18-7-4-8-20(23(18)27)30-17-5-2-1-3-6-17/h1-3,5-6,16,18-21,23,27H,4,7-15H2/t18-,19-,20+,21-,23+/m0/s1. The highest BCUT2D eigenvalue weighted by Crippen LogP contribution is 2.34. The van der Waals surface area contributed by atoms with E-state index in [0.717, 1.165) is 64.2 Å². The third kappa shape index (κ3) is 3.96. The summed E-state index contributed by atoms with van der Waals surface area (Å²) in [7, 11) is 0. The van der Waals surface area contributed by atoms with E-state index < -0.39 is 6.10 Å². The van der Waals surface area contributed by atoms with Crippen molar-refractivity contribution in [2.24, 2.45) is 0 Å². The Morgan fingerprint density at radius 3 is 2.60 bits per heavy atom. The molecule has 1 saturated carbocycles. The van der Waals surface area contributed by atoms with Gasteiger partial charge in [0.25, 0.3) is 0 Å². The van der Waals surface area contributed by atoms with Crippen LogP contribution in [-0.4, -0.2) is 90.2 Å². The average molecular weight is 417 g/mol. The Morgan fingerprint density at radius 1 is 1.00 bits per heavy atom. The Morgan fingerprint density at radius 2 is 1.80 bits per heavy atom. The number of aliphatic hydroxyl groups excluding tert-OH is 1. The lowest BCUT2D eigenvalue weighted by Gasteiger charge is -2.43. The molecule has 0 unspecified atom stereocenters. The Kier molecular flexibility index (Phi) is 5.96. The van der Waals surface area contributed by atoms with Gasteiger partial charge in [-0.2, -0.15) is 0 Å². The van der Waals surface area contributed by atoms with Gasteiger partial charge in [-0.3, -0.25) is 9.69 Å². The minimum Gasteiger partial charge on any atom is -0.488 e. The van der Waals surface area contributed by atoms with Gasteiger partial charge in [-0.05, 0) is 44.2 Å². The number of morpholine rings is 1. The molecule has 5 rings (SSSR count). The van der Waals surface area contributed by atoms with E-state index in [1.165, 1.54) is 0 Å². The summed E-state index contributed by atoms with van der Waals surface area (Å²) in [4.78, 5) is 17.1. The molecule has 7 heteroatoms. The van der Waals surface area contributed by atoms with Crippen LogP contribution in [0.25, 0.3) is 0 Å². The van der Waals surface area contributed by atoms with E-state index in [4.69, 9.17) is 14.2 Å². The lowest BCUT2D eigenvalue weighted by molar-refractivity contribution is -0.159. The van der Waals surface area contributed by atoms with Gasteiger partial charge in [0.05, 0.1) is 12.1 Å². The number of carbonyl (C=O) groups is 1. The van der Waals surface area contributed by atoms with Crippen molar-refractivity contribution < 1.29 is 24.1 Å². The van der Waals surface area contributed by atoms with Gasteiger partial charge in [0, 0.05) is 38.4 Å². The topological polar surface area (TPSA) is 71.5 Å². The molecule has 1 aromatic carbocycles. The van der Waals surface area contributed by atoms with Crippen LogP contribution in [0.2, 0.25) is 0 Å². The number of para-hydroxylation sites is 1. The minimum absolute atomic E-state index is 0.0214. The fourth-order valence-electron chi connectivity index (χ4n) is 5.68. The summed E-state index contributed by atoms with van der Waals surface area (Å²) < 4.78 is 17.6. The molecule has 1 aromatic rings.